The summed E-state index contributed by atoms with van der Waals surface area (Å²) in [6.07, 6.45) is 1.60. The van der Waals surface area contributed by atoms with E-state index in [1.807, 2.05) is 4.90 Å². The molecule has 3 heterocycles. The second-order valence-corrected chi connectivity index (χ2v) is 6.20. The first kappa shape index (κ1) is 13.3. The summed E-state index contributed by atoms with van der Waals surface area (Å²) in [5.41, 5.74) is 6.63. The molecule has 0 bridgehead atoms. The molecule has 1 unspecified atom stereocenters. The van der Waals surface area contributed by atoms with Gasteiger partial charge in [0, 0.05) is 31.1 Å². The number of aromatic nitrogens is 2. The maximum atomic E-state index is 12.7. The van der Waals surface area contributed by atoms with Crippen molar-refractivity contribution < 1.29 is 4.79 Å². The molecule has 2 aromatic heterocycles. The summed E-state index contributed by atoms with van der Waals surface area (Å²) in [6, 6.07) is 2.00. The van der Waals surface area contributed by atoms with Gasteiger partial charge in [-0.25, -0.2) is 0 Å². The van der Waals surface area contributed by atoms with E-state index in [9.17, 15) is 4.79 Å². The van der Waals surface area contributed by atoms with Crippen molar-refractivity contribution in [3.05, 3.63) is 17.1 Å². The van der Waals surface area contributed by atoms with E-state index in [-0.39, 0.29) is 11.9 Å². The number of nitrogens with two attached hydrogens (primary N) is 1. The fourth-order valence-electron chi connectivity index (χ4n) is 2.60. The standard InChI is InChI=1S/C13H17N5OS/c1-8-7-17(2)5-6-18(8)13(19)11-10(14)9-3-4-15-16-12(9)20-11/h3-4,8H,5-7,14H2,1-2H3. The maximum Gasteiger partial charge on any atom is 0.266 e. The van der Waals surface area contributed by atoms with E-state index in [4.69, 9.17) is 5.73 Å². The minimum Gasteiger partial charge on any atom is -0.397 e. The molecule has 20 heavy (non-hydrogen) atoms. The number of thiophene rings is 1. The molecule has 7 heteroatoms. The Kier molecular flexibility index (Phi) is 3.31. The third-order valence-electron chi connectivity index (χ3n) is 3.71. The zero-order valence-corrected chi connectivity index (χ0v) is 12.4. The summed E-state index contributed by atoms with van der Waals surface area (Å²) < 4.78 is 0. The average molecular weight is 291 g/mol. The predicted octanol–water partition coefficient (Wildman–Crippen LogP) is 1.05. The molecule has 0 aromatic carbocycles. The van der Waals surface area contributed by atoms with Crippen molar-refractivity contribution in [1.29, 1.82) is 0 Å². The second-order valence-electron chi connectivity index (χ2n) is 5.20. The Morgan fingerprint density at radius 3 is 3.00 bits per heavy atom. The normalized spacial score (nSPS) is 20.5. The number of amides is 1. The number of nitrogen functional groups attached to an aromatic ring is 1. The van der Waals surface area contributed by atoms with E-state index in [1.165, 1.54) is 11.3 Å². The molecule has 2 N–H and O–H groups in total. The van der Waals surface area contributed by atoms with Crippen molar-refractivity contribution in [1.82, 2.24) is 20.0 Å². The average Bonchev–Trinajstić information content (AvgIpc) is 2.76. The highest BCUT2D eigenvalue weighted by atomic mass is 32.1. The van der Waals surface area contributed by atoms with E-state index in [1.54, 1.807) is 12.3 Å². The number of rotatable bonds is 1. The van der Waals surface area contributed by atoms with Gasteiger partial charge in [-0.2, -0.15) is 5.10 Å². The Morgan fingerprint density at radius 2 is 2.30 bits per heavy atom. The highest BCUT2D eigenvalue weighted by Crippen LogP contribution is 2.33. The molecule has 0 spiro atoms. The predicted molar refractivity (Wildman–Crippen MR) is 79.8 cm³/mol. The van der Waals surface area contributed by atoms with Crippen LogP contribution in [0.5, 0.6) is 0 Å². The van der Waals surface area contributed by atoms with Gasteiger partial charge < -0.3 is 15.5 Å². The van der Waals surface area contributed by atoms with Crippen LogP contribution >= 0.6 is 11.3 Å². The van der Waals surface area contributed by atoms with Crippen LogP contribution < -0.4 is 5.73 Å². The van der Waals surface area contributed by atoms with Gasteiger partial charge in [0.05, 0.1) is 11.9 Å². The van der Waals surface area contributed by atoms with Crippen molar-refractivity contribution in [2.24, 2.45) is 0 Å². The highest BCUT2D eigenvalue weighted by molar-refractivity contribution is 7.21. The van der Waals surface area contributed by atoms with Crippen LogP contribution in [0.3, 0.4) is 0 Å². The summed E-state index contributed by atoms with van der Waals surface area (Å²) in [4.78, 5) is 18.1. The van der Waals surface area contributed by atoms with Crippen LogP contribution in [0.4, 0.5) is 5.69 Å². The molecule has 6 nitrogen and oxygen atoms in total. The molecule has 2 aromatic rings. The molecule has 0 aliphatic carbocycles. The van der Waals surface area contributed by atoms with Gasteiger partial charge in [-0.15, -0.1) is 16.4 Å². The van der Waals surface area contributed by atoms with Crippen molar-refractivity contribution in [3.63, 3.8) is 0 Å². The molecule has 0 saturated carbocycles. The fraction of sp³-hybridized carbons (Fsp3) is 0.462. The van der Waals surface area contributed by atoms with Gasteiger partial charge in [0.2, 0.25) is 0 Å². The van der Waals surface area contributed by atoms with E-state index < -0.39 is 0 Å². The van der Waals surface area contributed by atoms with Crippen molar-refractivity contribution in [2.45, 2.75) is 13.0 Å². The number of carbonyl (C=O) groups is 1. The molecule has 1 aliphatic rings. The van der Waals surface area contributed by atoms with Crippen LogP contribution in [0.15, 0.2) is 12.3 Å². The van der Waals surface area contributed by atoms with E-state index >= 15 is 0 Å². The first-order valence-corrected chi connectivity index (χ1v) is 7.38. The van der Waals surface area contributed by atoms with Gasteiger partial charge >= 0.3 is 0 Å². The van der Waals surface area contributed by atoms with Crippen LogP contribution in [0.1, 0.15) is 16.6 Å². The van der Waals surface area contributed by atoms with E-state index in [0.717, 1.165) is 29.9 Å². The molecule has 3 rings (SSSR count). The van der Waals surface area contributed by atoms with Crippen LogP contribution in [-0.2, 0) is 0 Å². The molecule has 1 saturated heterocycles. The van der Waals surface area contributed by atoms with Crippen LogP contribution in [-0.4, -0.2) is 58.6 Å². The van der Waals surface area contributed by atoms with Crippen molar-refractivity contribution in [2.75, 3.05) is 32.4 Å². The van der Waals surface area contributed by atoms with Crippen LogP contribution in [0.2, 0.25) is 0 Å². The maximum absolute atomic E-state index is 12.7. The smallest absolute Gasteiger partial charge is 0.266 e. The monoisotopic (exact) mass is 291 g/mol. The lowest BCUT2D eigenvalue weighted by Gasteiger charge is -2.38. The first-order chi connectivity index (χ1) is 9.58. The number of fused-ring (bicyclic) bond motifs is 1. The molecular formula is C13H17N5OS. The Morgan fingerprint density at radius 1 is 1.50 bits per heavy atom. The largest absolute Gasteiger partial charge is 0.397 e. The Labute approximate surface area is 121 Å². The highest BCUT2D eigenvalue weighted by Gasteiger charge is 2.29. The molecular weight excluding hydrogens is 274 g/mol. The Hall–Kier alpha value is -1.73. The number of piperazine rings is 1. The third kappa shape index (κ3) is 2.12. The minimum absolute atomic E-state index is 0.00565. The van der Waals surface area contributed by atoms with Gasteiger partial charge in [0.15, 0.2) is 0 Å². The SMILES string of the molecule is CC1CN(C)CCN1C(=O)c1sc2nnccc2c1N. The quantitative estimate of drug-likeness (QED) is 0.850. The number of nitrogens with zero attached hydrogens (tertiary/aromatic N) is 4. The van der Waals surface area contributed by atoms with Gasteiger partial charge in [0.25, 0.3) is 5.91 Å². The molecule has 0 radical (unpaired) electrons. The molecule has 1 atom stereocenters. The molecule has 1 aliphatic heterocycles. The lowest BCUT2D eigenvalue weighted by Crippen LogP contribution is -2.52. The number of likely N-dealkylation sites (N-methyl/N-ethyl adjacent to an activating group) is 1. The van der Waals surface area contributed by atoms with E-state index in [0.29, 0.717) is 10.6 Å². The number of anilines is 1. The lowest BCUT2D eigenvalue weighted by molar-refractivity contribution is 0.0539. The molecule has 1 fully saturated rings. The minimum atomic E-state index is 0.00565. The van der Waals surface area contributed by atoms with Crippen molar-refractivity contribution in [3.8, 4) is 0 Å². The lowest BCUT2D eigenvalue weighted by atomic mass is 10.2. The zero-order chi connectivity index (χ0) is 14.3. The fourth-order valence-corrected chi connectivity index (χ4v) is 3.60. The van der Waals surface area contributed by atoms with Crippen molar-refractivity contribution >= 4 is 33.1 Å². The third-order valence-corrected chi connectivity index (χ3v) is 4.80. The van der Waals surface area contributed by atoms with Crippen LogP contribution in [0, 0.1) is 0 Å². The number of hydrogen-bond donors (Lipinski definition) is 1. The summed E-state index contributed by atoms with van der Waals surface area (Å²) in [5, 5.41) is 8.68. The summed E-state index contributed by atoms with van der Waals surface area (Å²) >= 11 is 1.33. The number of hydrogen-bond acceptors (Lipinski definition) is 6. The summed E-state index contributed by atoms with van der Waals surface area (Å²) in [7, 11) is 2.07. The topological polar surface area (TPSA) is 75.3 Å². The van der Waals surface area contributed by atoms with Gasteiger partial charge in [-0.3, -0.25) is 4.79 Å². The summed E-state index contributed by atoms with van der Waals surface area (Å²) in [5.74, 6) is 0.00565. The zero-order valence-electron chi connectivity index (χ0n) is 11.5. The second kappa shape index (κ2) is 4.99. The Bertz CT molecular complexity index is 655. The van der Waals surface area contributed by atoms with Gasteiger partial charge in [0.1, 0.15) is 9.71 Å². The van der Waals surface area contributed by atoms with Crippen LogP contribution in [0.25, 0.3) is 10.2 Å². The van der Waals surface area contributed by atoms with Gasteiger partial charge in [-0.05, 0) is 20.0 Å². The molecule has 1 amide bonds. The van der Waals surface area contributed by atoms with Gasteiger partial charge in [-0.1, -0.05) is 0 Å². The first-order valence-electron chi connectivity index (χ1n) is 6.57. The Balaban J connectivity index is 1.94. The van der Waals surface area contributed by atoms with E-state index in [2.05, 4.69) is 29.1 Å². The summed E-state index contributed by atoms with van der Waals surface area (Å²) in [6.45, 7) is 4.57. The number of carbonyl (C=O) groups excluding carboxylic acids is 1. The molecule has 106 valence electrons.